The summed E-state index contributed by atoms with van der Waals surface area (Å²) < 4.78 is 71.5. The molecule has 0 spiro atoms. The van der Waals surface area contributed by atoms with Gasteiger partial charge in [-0.3, -0.25) is 4.98 Å². The number of aromatic nitrogens is 5. The molecule has 3 aromatic rings. The van der Waals surface area contributed by atoms with E-state index in [1.807, 2.05) is 0 Å². The van der Waals surface area contributed by atoms with Crippen LogP contribution in [0.4, 0.5) is 22.0 Å². The van der Waals surface area contributed by atoms with Gasteiger partial charge in [-0.1, -0.05) is 6.07 Å². The summed E-state index contributed by atoms with van der Waals surface area (Å²) in [7, 11) is 0. The van der Waals surface area contributed by atoms with Crippen LogP contribution in [0.15, 0.2) is 42.9 Å². The lowest BCUT2D eigenvalue weighted by atomic mass is 9.89. The lowest BCUT2D eigenvalue weighted by molar-refractivity contribution is -0.0458. The Kier molecular flexibility index (Phi) is 4.43. The molecular weight excluding hydrogens is 345 g/mol. The van der Waals surface area contributed by atoms with Gasteiger partial charge in [0.05, 0.1) is 12.5 Å². The van der Waals surface area contributed by atoms with E-state index in [0.29, 0.717) is 12.1 Å². The molecule has 0 bridgehead atoms. The highest BCUT2D eigenvalue weighted by Gasteiger charge is 2.45. The van der Waals surface area contributed by atoms with E-state index >= 15 is 0 Å². The fourth-order valence-corrected chi connectivity index (χ4v) is 2.41. The lowest BCUT2D eigenvalue weighted by Crippen LogP contribution is -2.30. The number of rotatable bonds is 5. The first-order chi connectivity index (χ1) is 11.9. The monoisotopic (exact) mass is 355 g/mol. The largest absolute Gasteiger partial charge is 0.298 e. The first kappa shape index (κ1) is 16.9. The highest BCUT2D eigenvalue weighted by molar-refractivity contribution is 5.28. The van der Waals surface area contributed by atoms with E-state index in [4.69, 9.17) is 0 Å². The quantitative estimate of drug-likeness (QED) is 0.660. The van der Waals surface area contributed by atoms with Gasteiger partial charge < -0.3 is 0 Å². The number of tetrazole rings is 1. The first-order valence-corrected chi connectivity index (χ1v) is 7.03. The molecule has 2 heterocycles. The Bertz CT molecular complexity index is 869. The molecule has 0 aliphatic carbocycles. The Labute approximate surface area is 138 Å². The second kappa shape index (κ2) is 6.54. The molecule has 10 heteroatoms. The normalized spacial score (nSPS) is 13.0. The van der Waals surface area contributed by atoms with Gasteiger partial charge in [-0.2, -0.15) is 8.78 Å². The van der Waals surface area contributed by atoms with E-state index < -0.39 is 47.1 Å². The second-order valence-electron chi connectivity index (χ2n) is 5.23. The highest BCUT2D eigenvalue weighted by atomic mass is 19.3. The summed E-state index contributed by atoms with van der Waals surface area (Å²) in [6.45, 7) is -0.527. The number of pyridine rings is 1. The molecule has 0 saturated carbocycles. The predicted molar refractivity (Wildman–Crippen MR) is 75.0 cm³/mol. The Morgan fingerprint density at radius 2 is 1.80 bits per heavy atom. The number of nitrogens with zero attached hydrogens (tertiary/aromatic N) is 5. The molecule has 0 saturated heterocycles. The number of halogens is 5. The summed E-state index contributed by atoms with van der Waals surface area (Å²) in [6.07, 6.45) is 1.96. The molecule has 0 aliphatic rings. The van der Waals surface area contributed by atoms with Gasteiger partial charge in [0.1, 0.15) is 29.5 Å². The third-order valence-corrected chi connectivity index (χ3v) is 3.60. The van der Waals surface area contributed by atoms with Gasteiger partial charge in [0.2, 0.25) is 0 Å². The van der Waals surface area contributed by atoms with Crippen molar-refractivity contribution in [3.63, 3.8) is 0 Å². The Morgan fingerprint density at radius 1 is 1.04 bits per heavy atom. The number of benzene rings is 1. The third-order valence-electron chi connectivity index (χ3n) is 3.60. The van der Waals surface area contributed by atoms with Crippen LogP contribution in [0.3, 0.4) is 0 Å². The number of hydrogen-bond donors (Lipinski definition) is 0. The van der Waals surface area contributed by atoms with E-state index in [0.717, 1.165) is 35.4 Å². The average molecular weight is 355 g/mol. The Balaban J connectivity index is 2.09. The summed E-state index contributed by atoms with van der Waals surface area (Å²) >= 11 is 0. The van der Waals surface area contributed by atoms with E-state index in [2.05, 4.69) is 20.5 Å². The van der Waals surface area contributed by atoms with Gasteiger partial charge in [0.15, 0.2) is 0 Å². The molecular formula is C15H10F5N5. The van der Waals surface area contributed by atoms with Crippen LogP contribution in [-0.4, -0.2) is 25.2 Å². The van der Waals surface area contributed by atoms with Crippen LogP contribution in [0.25, 0.3) is 0 Å². The van der Waals surface area contributed by atoms with Crippen molar-refractivity contribution in [1.29, 1.82) is 0 Å². The van der Waals surface area contributed by atoms with Gasteiger partial charge in [-0.15, -0.1) is 5.10 Å². The third kappa shape index (κ3) is 3.47. The van der Waals surface area contributed by atoms with Crippen molar-refractivity contribution >= 4 is 0 Å². The van der Waals surface area contributed by atoms with Crippen molar-refractivity contribution in [1.82, 2.24) is 25.2 Å². The molecule has 0 radical (unpaired) electrons. The zero-order chi connectivity index (χ0) is 18.0. The minimum absolute atomic E-state index is 0.465. The topological polar surface area (TPSA) is 56.5 Å². The maximum absolute atomic E-state index is 15.0. The van der Waals surface area contributed by atoms with Crippen LogP contribution in [0.2, 0.25) is 0 Å². The number of alkyl halides is 2. The molecule has 1 aromatic carbocycles. The fraction of sp³-hybridized carbons (Fsp3) is 0.200. The summed E-state index contributed by atoms with van der Waals surface area (Å²) in [5.74, 6) is -8.59. The Hall–Kier alpha value is -2.91. The SMILES string of the molecule is Fc1ccnc(C(F)(F)C(Cn2cnnn2)c2ccc(F)cc2F)c1. The number of hydrogen-bond acceptors (Lipinski definition) is 4. The Morgan fingerprint density at radius 3 is 2.44 bits per heavy atom. The van der Waals surface area contributed by atoms with Gasteiger partial charge in [-0.25, -0.2) is 17.9 Å². The average Bonchev–Trinajstić information content (AvgIpc) is 3.06. The predicted octanol–water partition coefficient (Wildman–Crippen LogP) is 3.06. The van der Waals surface area contributed by atoms with Gasteiger partial charge >= 0.3 is 0 Å². The molecule has 0 fully saturated rings. The van der Waals surface area contributed by atoms with Crippen molar-refractivity contribution in [2.24, 2.45) is 0 Å². The smallest absolute Gasteiger partial charge is 0.255 e. The highest BCUT2D eigenvalue weighted by Crippen LogP contribution is 2.43. The molecule has 0 aliphatic heterocycles. The van der Waals surface area contributed by atoms with Crippen molar-refractivity contribution in [2.45, 2.75) is 18.4 Å². The van der Waals surface area contributed by atoms with E-state index in [9.17, 15) is 22.0 Å². The van der Waals surface area contributed by atoms with Gasteiger partial charge in [0, 0.05) is 18.3 Å². The second-order valence-corrected chi connectivity index (χ2v) is 5.23. The summed E-state index contributed by atoms with van der Waals surface area (Å²) in [4.78, 5) is 3.49. The molecule has 0 amide bonds. The van der Waals surface area contributed by atoms with Crippen molar-refractivity contribution in [2.75, 3.05) is 0 Å². The van der Waals surface area contributed by atoms with Crippen LogP contribution >= 0.6 is 0 Å². The molecule has 130 valence electrons. The molecule has 1 unspecified atom stereocenters. The first-order valence-electron chi connectivity index (χ1n) is 7.03. The lowest BCUT2D eigenvalue weighted by Gasteiger charge is -2.27. The van der Waals surface area contributed by atoms with E-state index in [1.165, 1.54) is 0 Å². The molecule has 2 aromatic heterocycles. The maximum atomic E-state index is 15.0. The molecule has 1 atom stereocenters. The van der Waals surface area contributed by atoms with Crippen LogP contribution in [-0.2, 0) is 12.5 Å². The van der Waals surface area contributed by atoms with Crippen molar-refractivity contribution in [3.05, 3.63) is 71.6 Å². The summed E-state index contributed by atoms with van der Waals surface area (Å²) in [5.41, 5.74) is -1.35. The van der Waals surface area contributed by atoms with E-state index in [1.54, 1.807) is 0 Å². The minimum atomic E-state index is -3.77. The van der Waals surface area contributed by atoms with Gasteiger partial charge in [0.25, 0.3) is 5.92 Å². The molecule has 0 N–H and O–H groups in total. The molecule has 25 heavy (non-hydrogen) atoms. The van der Waals surface area contributed by atoms with Gasteiger partial charge in [-0.05, 0) is 28.1 Å². The van der Waals surface area contributed by atoms with Crippen LogP contribution < -0.4 is 0 Å². The molecule has 3 rings (SSSR count). The van der Waals surface area contributed by atoms with Crippen molar-refractivity contribution < 1.29 is 22.0 Å². The summed E-state index contributed by atoms with van der Waals surface area (Å²) in [5, 5.41) is 10.1. The zero-order valence-electron chi connectivity index (χ0n) is 12.5. The summed E-state index contributed by atoms with van der Waals surface area (Å²) in [6, 6.07) is 3.74. The van der Waals surface area contributed by atoms with Crippen LogP contribution in [0, 0.1) is 17.5 Å². The zero-order valence-corrected chi connectivity index (χ0v) is 12.5. The van der Waals surface area contributed by atoms with Crippen molar-refractivity contribution in [3.8, 4) is 0 Å². The van der Waals surface area contributed by atoms with Crippen LogP contribution in [0.5, 0.6) is 0 Å². The standard InChI is InChI=1S/C15H10F5N5/c16-9-1-2-11(13(18)5-9)12(7-25-8-22-23-24-25)15(19,20)14-6-10(17)3-4-21-14/h1-6,8,12H,7H2. The van der Waals surface area contributed by atoms with E-state index in [-0.39, 0.29) is 0 Å². The minimum Gasteiger partial charge on any atom is -0.255 e. The molecule has 5 nitrogen and oxygen atoms in total. The fourth-order valence-electron chi connectivity index (χ4n) is 2.41. The maximum Gasteiger partial charge on any atom is 0.298 e. The van der Waals surface area contributed by atoms with Crippen LogP contribution in [0.1, 0.15) is 17.2 Å².